The molecule has 0 aromatic carbocycles. The molecule has 0 bridgehead atoms. The fraction of sp³-hybridized carbons (Fsp3) is 1.00. The summed E-state index contributed by atoms with van der Waals surface area (Å²) in [4.78, 5) is 0. The van der Waals surface area contributed by atoms with Crippen LogP contribution >= 0.6 is 0 Å². The average molecular weight is 315 g/mol. The fourth-order valence-corrected chi connectivity index (χ4v) is 5.74. The van der Waals surface area contributed by atoms with Gasteiger partial charge in [0, 0.05) is 6.04 Å². The SMILES string of the molecule is CC1(C)CCC(CC(CNC2CC2)C2CCS(=O)(=O)C2)O1. The van der Waals surface area contributed by atoms with Crippen molar-refractivity contribution in [2.24, 2.45) is 11.8 Å². The Balaban J connectivity index is 1.58. The molecule has 3 atom stereocenters. The molecule has 21 heavy (non-hydrogen) atoms. The smallest absolute Gasteiger partial charge is 0.150 e. The van der Waals surface area contributed by atoms with Gasteiger partial charge in [0.15, 0.2) is 9.84 Å². The van der Waals surface area contributed by atoms with Crippen molar-refractivity contribution in [2.75, 3.05) is 18.1 Å². The van der Waals surface area contributed by atoms with Crippen LogP contribution in [0.1, 0.15) is 52.4 Å². The number of ether oxygens (including phenoxy) is 1. The van der Waals surface area contributed by atoms with E-state index in [1.165, 1.54) is 12.8 Å². The van der Waals surface area contributed by atoms with Gasteiger partial charge in [-0.25, -0.2) is 8.42 Å². The van der Waals surface area contributed by atoms with E-state index in [9.17, 15) is 8.42 Å². The molecule has 0 amide bonds. The van der Waals surface area contributed by atoms with E-state index in [0.29, 0.717) is 35.5 Å². The highest BCUT2D eigenvalue weighted by Crippen LogP contribution is 2.36. The zero-order valence-corrected chi connectivity index (χ0v) is 14.1. The van der Waals surface area contributed by atoms with Crippen molar-refractivity contribution in [2.45, 2.75) is 70.1 Å². The van der Waals surface area contributed by atoms with E-state index in [1.807, 2.05) is 0 Å². The summed E-state index contributed by atoms with van der Waals surface area (Å²) in [6.45, 7) is 5.28. The molecule has 2 saturated heterocycles. The monoisotopic (exact) mass is 315 g/mol. The van der Waals surface area contributed by atoms with E-state index in [4.69, 9.17) is 4.74 Å². The average Bonchev–Trinajstić information content (AvgIpc) is 3.05. The highest BCUT2D eigenvalue weighted by Gasteiger charge is 2.38. The number of rotatable bonds is 6. The molecule has 3 unspecified atom stereocenters. The molecule has 1 aliphatic carbocycles. The summed E-state index contributed by atoms with van der Waals surface area (Å²) in [5.41, 5.74) is 0.000883. The van der Waals surface area contributed by atoms with E-state index >= 15 is 0 Å². The van der Waals surface area contributed by atoms with Crippen LogP contribution in [0.15, 0.2) is 0 Å². The second-order valence-electron chi connectivity index (χ2n) is 7.88. The van der Waals surface area contributed by atoms with Gasteiger partial charge in [-0.05, 0) is 70.8 Å². The fourth-order valence-electron chi connectivity index (χ4n) is 3.82. The molecule has 1 N–H and O–H groups in total. The first kappa shape index (κ1) is 15.8. The van der Waals surface area contributed by atoms with Crippen LogP contribution < -0.4 is 5.32 Å². The van der Waals surface area contributed by atoms with Gasteiger partial charge in [-0.15, -0.1) is 0 Å². The summed E-state index contributed by atoms with van der Waals surface area (Å²) in [5, 5.41) is 3.61. The van der Waals surface area contributed by atoms with Gasteiger partial charge >= 0.3 is 0 Å². The zero-order chi connectivity index (χ0) is 15.1. The lowest BCUT2D eigenvalue weighted by molar-refractivity contribution is -0.0273. The first-order valence-corrected chi connectivity index (χ1v) is 10.3. The molecule has 0 spiro atoms. The van der Waals surface area contributed by atoms with Gasteiger partial charge in [-0.3, -0.25) is 0 Å². The molecule has 2 aliphatic heterocycles. The van der Waals surface area contributed by atoms with Gasteiger partial charge in [0.2, 0.25) is 0 Å². The molecule has 2 heterocycles. The van der Waals surface area contributed by atoms with Crippen LogP contribution in [0.3, 0.4) is 0 Å². The Hall–Kier alpha value is -0.130. The molecular formula is C16H29NO3S. The van der Waals surface area contributed by atoms with Crippen LogP contribution in [0.2, 0.25) is 0 Å². The van der Waals surface area contributed by atoms with Crippen molar-refractivity contribution < 1.29 is 13.2 Å². The lowest BCUT2D eigenvalue weighted by Crippen LogP contribution is -2.33. The topological polar surface area (TPSA) is 55.4 Å². The first-order chi connectivity index (χ1) is 9.83. The van der Waals surface area contributed by atoms with Crippen LogP contribution in [0.25, 0.3) is 0 Å². The van der Waals surface area contributed by atoms with Gasteiger partial charge in [0.1, 0.15) is 0 Å². The quantitative estimate of drug-likeness (QED) is 0.816. The first-order valence-electron chi connectivity index (χ1n) is 8.45. The Morgan fingerprint density at radius 2 is 2.00 bits per heavy atom. The van der Waals surface area contributed by atoms with Crippen LogP contribution in [-0.4, -0.2) is 44.2 Å². The zero-order valence-electron chi connectivity index (χ0n) is 13.3. The maximum Gasteiger partial charge on any atom is 0.150 e. The van der Waals surface area contributed by atoms with Gasteiger partial charge in [-0.1, -0.05) is 0 Å². The minimum Gasteiger partial charge on any atom is -0.372 e. The maximum absolute atomic E-state index is 11.8. The summed E-state index contributed by atoms with van der Waals surface area (Å²) in [7, 11) is -2.79. The van der Waals surface area contributed by atoms with Gasteiger partial charge in [-0.2, -0.15) is 0 Å². The molecule has 4 nitrogen and oxygen atoms in total. The molecule has 0 radical (unpaired) electrons. The Kier molecular flexibility index (Phi) is 4.37. The molecule has 1 saturated carbocycles. The molecule has 122 valence electrons. The van der Waals surface area contributed by atoms with Crippen LogP contribution in [0.4, 0.5) is 0 Å². The van der Waals surface area contributed by atoms with E-state index in [2.05, 4.69) is 19.2 Å². The van der Waals surface area contributed by atoms with E-state index < -0.39 is 9.84 Å². The summed E-state index contributed by atoms with van der Waals surface area (Å²) in [6.07, 6.45) is 6.97. The van der Waals surface area contributed by atoms with Gasteiger partial charge < -0.3 is 10.1 Å². The molecule has 0 aromatic heterocycles. The third-order valence-electron chi connectivity index (χ3n) is 5.30. The lowest BCUT2D eigenvalue weighted by Gasteiger charge is -2.27. The minimum atomic E-state index is -2.79. The second-order valence-corrected chi connectivity index (χ2v) is 10.1. The van der Waals surface area contributed by atoms with Gasteiger partial charge in [0.25, 0.3) is 0 Å². The van der Waals surface area contributed by atoms with E-state index in [-0.39, 0.29) is 5.60 Å². The van der Waals surface area contributed by atoms with Crippen molar-refractivity contribution in [3.63, 3.8) is 0 Å². The third-order valence-corrected chi connectivity index (χ3v) is 7.09. The third kappa shape index (κ3) is 4.42. The van der Waals surface area contributed by atoms with Crippen molar-refractivity contribution in [3.8, 4) is 0 Å². The summed E-state index contributed by atoms with van der Waals surface area (Å²) < 4.78 is 29.7. The Morgan fingerprint density at radius 1 is 1.24 bits per heavy atom. The Labute approximate surface area is 128 Å². The van der Waals surface area contributed by atoms with Crippen molar-refractivity contribution in [3.05, 3.63) is 0 Å². The Morgan fingerprint density at radius 3 is 2.52 bits per heavy atom. The predicted molar refractivity (Wildman–Crippen MR) is 84.1 cm³/mol. The molecule has 5 heteroatoms. The van der Waals surface area contributed by atoms with Gasteiger partial charge in [0.05, 0.1) is 23.2 Å². The summed E-state index contributed by atoms with van der Waals surface area (Å²) >= 11 is 0. The molecule has 0 aromatic rings. The molecule has 3 fully saturated rings. The normalized spacial score (nSPS) is 35.9. The van der Waals surface area contributed by atoms with Crippen molar-refractivity contribution in [1.82, 2.24) is 5.32 Å². The van der Waals surface area contributed by atoms with Crippen LogP contribution in [-0.2, 0) is 14.6 Å². The van der Waals surface area contributed by atoms with E-state index in [0.717, 1.165) is 32.2 Å². The highest BCUT2D eigenvalue weighted by molar-refractivity contribution is 7.91. The highest BCUT2D eigenvalue weighted by atomic mass is 32.2. The largest absolute Gasteiger partial charge is 0.372 e. The number of hydrogen-bond acceptors (Lipinski definition) is 4. The molecular weight excluding hydrogens is 286 g/mol. The molecule has 3 aliphatic rings. The van der Waals surface area contributed by atoms with E-state index in [1.54, 1.807) is 0 Å². The van der Waals surface area contributed by atoms with Crippen LogP contribution in [0.5, 0.6) is 0 Å². The maximum atomic E-state index is 11.8. The number of hydrogen-bond donors (Lipinski definition) is 1. The summed E-state index contributed by atoms with van der Waals surface area (Å²) in [6, 6.07) is 0.687. The Bertz CT molecular complexity index is 470. The summed E-state index contributed by atoms with van der Waals surface area (Å²) in [5.74, 6) is 1.55. The second kappa shape index (κ2) is 5.82. The standard InChI is InChI=1S/C16H29NO3S/c1-16(2)7-5-15(20-16)9-13(10-17-14-3-4-14)12-6-8-21(18,19)11-12/h12-15,17H,3-11H2,1-2H3. The minimum absolute atomic E-state index is 0.000883. The molecule has 3 rings (SSSR count). The predicted octanol–water partition coefficient (Wildman–Crippen LogP) is 2.14. The van der Waals surface area contributed by atoms with Crippen LogP contribution in [0, 0.1) is 11.8 Å². The number of nitrogens with one attached hydrogen (secondary N) is 1. The lowest BCUT2D eigenvalue weighted by atomic mass is 9.86. The van der Waals surface area contributed by atoms with Crippen molar-refractivity contribution >= 4 is 9.84 Å². The van der Waals surface area contributed by atoms with Crippen molar-refractivity contribution in [1.29, 1.82) is 0 Å². The number of sulfone groups is 1.